The van der Waals surface area contributed by atoms with E-state index in [2.05, 4.69) is 89.9 Å². The highest BCUT2D eigenvalue weighted by molar-refractivity contribution is 14.0. The number of quaternary nitrogens is 1. The maximum atomic E-state index is 12.6. The molecule has 2 aliphatic rings. The third-order valence-corrected chi connectivity index (χ3v) is 9.13. The van der Waals surface area contributed by atoms with Crippen LogP contribution in [0.2, 0.25) is 0 Å². The van der Waals surface area contributed by atoms with E-state index < -0.39 is 0 Å². The Balaban J connectivity index is 0.000000260. The first-order valence-corrected chi connectivity index (χ1v) is 14.3. The van der Waals surface area contributed by atoms with Crippen LogP contribution in [0, 0.1) is 27.7 Å². The van der Waals surface area contributed by atoms with Crippen molar-refractivity contribution in [2.24, 2.45) is 0 Å². The molecule has 0 amide bonds. The second kappa shape index (κ2) is 14.7. The highest BCUT2D eigenvalue weighted by atomic mass is 127. The van der Waals surface area contributed by atoms with E-state index in [1.165, 1.54) is 59.1 Å². The van der Waals surface area contributed by atoms with E-state index in [1.807, 2.05) is 0 Å². The molecule has 210 valence electrons. The quantitative estimate of drug-likeness (QED) is 0.244. The molecule has 2 atom stereocenters. The number of ketones is 2. The summed E-state index contributed by atoms with van der Waals surface area (Å²) in [6.07, 6.45) is 6.17. The standard InChI is InChI=1S/C17H26NO.C16H23NO.HI/c1-13-8-7-9-14(2)16(13)12-17(19)15(3)18(4)10-5-6-11-18;1-12-7-6-8-13(2)15(12)11-16(18)14(3)17-9-4-5-10-17;/h7-9,15H,5-6,10-12H2,1-4H3;6-8,14H,4-5,9-11H2,1-3H3;1H/q+1;;. The summed E-state index contributed by atoms with van der Waals surface area (Å²) in [4.78, 5) is 27.3. The van der Waals surface area contributed by atoms with Crippen LogP contribution in [0.5, 0.6) is 0 Å². The molecule has 2 aliphatic heterocycles. The van der Waals surface area contributed by atoms with Gasteiger partial charge in [0.15, 0.2) is 11.6 Å². The van der Waals surface area contributed by atoms with Crippen LogP contribution >= 0.6 is 24.0 Å². The Kier molecular flexibility index (Phi) is 12.6. The smallest absolute Gasteiger partial charge is 0.193 e. The van der Waals surface area contributed by atoms with Gasteiger partial charge in [-0.1, -0.05) is 36.4 Å². The summed E-state index contributed by atoms with van der Waals surface area (Å²) >= 11 is 0. The summed E-state index contributed by atoms with van der Waals surface area (Å²) in [6.45, 7) is 17.0. The molecule has 2 heterocycles. The third-order valence-electron chi connectivity index (χ3n) is 9.13. The highest BCUT2D eigenvalue weighted by Gasteiger charge is 2.37. The zero-order valence-corrected chi connectivity index (χ0v) is 27.1. The zero-order chi connectivity index (χ0) is 27.2. The summed E-state index contributed by atoms with van der Waals surface area (Å²) in [5.74, 6) is 0.746. The van der Waals surface area contributed by atoms with Gasteiger partial charge in [0, 0.05) is 25.7 Å². The molecule has 2 aromatic carbocycles. The lowest BCUT2D eigenvalue weighted by molar-refractivity contribution is -0.911. The van der Waals surface area contributed by atoms with Gasteiger partial charge >= 0.3 is 0 Å². The van der Waals surface area contributed by atoms with Crippen LogP contribution in [0.15, 0.2) is 36.4 Å². The second-order valence-electron chi connectivity index (χ2n) is 11.8. The average molecular weight is 634 g/mol. The molecule has 0 saturated carbocycles. The zero-order valence-electron chi connectivity index (χ0n) is 24.8. The number of likely N-dealkylation sites (N-methyl/N-ethyl adjacent to an activating group) is 1. The van der Waals surface area contributed by atoms with Gasteiger partial charge in [-0.15, -0.1) is 24.0 Å². The van der Waals surface area contributed by atoms with E-state index >= 15 is 0 Å². The van der Waals surface area contributed by atoms with E-state index in [9.17, 15) is 9.59 Å². The number of benzene rings is 2. The minimum atomic E-state index is 0. The second-order valence-corrected chi connectivity index (χ2v) is 11.8. The molecule has 4 rings (SSSR count). The minimum absolute atomic E-state index is 0. The topological polar surface area (TPSA) is 37.4 Å². The van der Waals surface area contributed by atoms with Crippen molar-refractivity contribution in [3.8, 4) is 0 Å². The van der Waals surface area contributed by atoms with Gasteiger partial charge in [0.25, 0.3) is 0 Å². The number of rotatable bonds is 8. The Labute approximate surface area is 248 Å². The molecule has 38 heavy (non-hydrogen) atoms. The Morgan fingerprint density at radius 3 is 1.55 bits per heavy atom. The van der Waals surface area contributed by atoms with Crippen molar-refractivity contribution in [2.45, 2.75) is 92.2 Å². The largest absolute Gasteiger partial charge is 0.318 e. The molecule has 0 aliphatic carbocycles. The molecule has 0 bridgehead atoms. The van der Waals surface area contributed by atoms with Crippen molar-refractivity contribution in [1.29, 1.82) is 0 Å². The van der Waals surface area contributed by atoms with Gasteiger partial charge in [-0.2, -0.15) is 0 Å². The number of hydrogen-bond donors (Lipinski definition) is 0. The first-order chi connectivity index (χ1) is 17.5. The summed E-state index contributed by atoms with van der Waals surface area (Å²) in [5, 5.41) is 0. The SMILES string of the molecule is Cc1cccc(C)c1CC(=O)C(C)N1CCCC1.Cc1cccc(C)c1CC(=O)C(C)[N+]1(C)CCCC1.I. The van der Waals surface area contributed by atoms with Crippen LogP contribution in [0.4, 0.5) is 0 Å². The molecule has 0 N–H and O–H groups in total. The monoisotopic (exact) mass is 633 g/mol. The normalized spacial score (nSPS) is 18.2. The van der Waals surface area contributed by atoms with Crippen LogP contribution < -0.4 is 0 Å². The average Bonchev–Trinajstić information content (AvgIpc) is 3.56. The van der Waals surface area contributed by atoms with Gasteiger partial charge in [0.05, 0.1) is 26.2 Å². The Hall–Kier alpha value is -1.57. The van der Waals surface area contributed by atoms with Crippen molar-refractivity contribution >= 4 is 35.5 Å². The number of likely N-dealkylation sites (tertiary alicyclic amines) is 2. The van der Waals surface area contributed by atoms with E-state index in [0.717, 1.165) is 30.7 Å². The molecule has 5 heteroatoms. The van der Waals surface area contributed by atoms with Gasteiger partial charge in [-0.05, 0) is 101 Å². The number of nitrogens with zero attached hydrogens (tertiary/aromatic N) is 2. The summed E-state index contributed by atoms with van der Waals surface area (Å²) in [5.41, 5.74) is 7.39. The van der Waals surface area contributed by atoms with Crippen LogP contribution in [-0.4, -0.2) is 66.3 Å². The molecule has 4 nitrogen and oxygen atoms in total. The number of halogens is 1. The van der Waals surface area contributed by atoms with Crippen molar-refractivity contribution < 1.29 is 14.1 Å². The number of hydrogen-bond acceptors (Lipinski definition) is 3. The maximum absolute atomic E-state index is 12.6. The van der Waals surface area contributed by atoms with Gasteiger partial charge in [-0.25, -0.2) is 0 Å². The molecule has 2 saturated heterocycles. The minimum Gasteiger partial charge on any atom is -0.318 e. The van der Waals surface area contributed by atoms with Gasteiger partial charge in [-0.3, -0.25) is 14.5 Å². The van der Waals surface area contributed by atoms with Crippen LogP contribution in [0.3, 0.4) is 0 Å². The molecule has 2 unspecified atom stereocenters. The van der Waals surface area contributed by atoms with Gasteiger partial charge < -0.3 is 4.48 Å². The van der Waals surface area contributed by atoms with E-state index in [0.29, 0.717) is 24.4 Å². The van der Waals surface area contributed by atoms with E-state index in [4.69, 9.17) is 0 Å². The van der Waals surface area contributed by atoms with Crippen LogP contribution in [0.1, 0.15) is 72.9 Å². The number of carbonyl (C=O) groups is 2. The molecule has 2 aromatic rings. The van der Waals surface area contributed by atoms with Crippen molar-refractivity contribution in [2.75, 3.05) is 33.2 Å². The van der Waals surface area contributed by atoms with Gasteiger partial charge in [0.1, 0.15) is 6.04 Å². The Morgan fingerprint density at radius 1 is 0.737 bits per heavy atom. The summed E-state index contributed by atoms with van der Waals surface area (Å²) in [7, 11) is 2.24. The molecular formula is C33H50IN2O2+. The van der Waals surface area contributed by atoms with E-state index in [-0.39, 0.29) is 36.1 Å². The van der Waals surface area contributed by atoms with Crippen LogP contribution in [0.25, 0.3) is 0 Å². The molecule has 0 spiro atoms. The summed E-state index contributed by atoms with van der Waals surface area (Å²) < 4.78 is 0.934. The lowest BCUT2D eigenvalue weighted by Gasteiger charge is -2.35. The molecule has 0 aromatic heterocycles. The predicted octanol–water partition coefficient (Wildman–Crippen LogP) is 6.56. The fourth-order valence-corrected chi connectivity index (χ4v) is 6.02. The molecule has 2 fully saturated rings. The number of carbonyl (C=O) groups excluding carboxylic acids is 2. The Morgan fingerprint density at radius 2 is 1.13 bits per heavy atom. The third kappa shape index (κ3) is 8.22. The lowest BCUT2D eigenvalue weighted by atomic mass is 9.95. The van der Waals surface area contributed by atoms with Crippen LogP contribution in [-0.2, 0) is 22.4 Å². The van der Waals surface area contributed by atoms with E-state index in [1.54, 1.807) is 0 Å². The summed E-state index contributed by atoms with van der Waals surface area (Å²) in [6, 6.07) is 12.7. The first kappa shape index (κ1) is 32.6. The maximum Gasteiger partial charge on any atom is 0.193 e. The fourth-order valence-electron chi connectivity index (χ4n) is 6.02. The molecular weight excluding hydrogens is 583 g/mol. The van der Waals surface area contributed by atoms with Crippen molar-refractivity contribution in [3.63, 3.8) is 0 Å². The number of aryl methyl sites for hydroxylation is 4. The van der Waals surface area contributed by atoms with Gasteiger partial charge in [0.2, 0.25) is 0 Å². The first-order valence-electron chi connectivity index (χ1n) is 14.3. The Bertz CT molecular complexity index is 1040. The van der Waals surface area contributed by atoms with Crippen molar-refractivity contribution in [1.82, 2.24) is 4.90 Å². The lowest BCUT2D eigenvalue weighted by Crippen LogP contribution is -2.52. The fraction of sp³-hybridized carbons (Fsp3) is 0.576. The highest BCUT2D eigenvalue weighted by Crippen LogP contribution is 2.23. The van der Waals surface area contributed by atoms with Crippen molar-refractivity contribution in [3.05, 3.63) is 69.8 Å². The predicted molar refractivity (Wildman–Crippen MR) is 170 cm³/mol. The number of Topliss-reactive ketones (excluding diaryl/α,β-unsaturated/α-hetero) is 2. The molecule has 0 radical (unpaired) electrons.